The molecule has 0 fully saturated rings. The van der Waals surface area contributed by atoms with Gasteiger partial charge in [-0.2, -0.15) is 0 Å². The Hall–Kier alpha value is -2.90. The van der Waals surface area contributed by atoms with E-state index in [-0.39, 0.29) is 52.6 Å². The molecule has 0 atom stereocenters. The maximum Gasteiger partial charge on any atom is 0.338 e. The number of phenols is 2. The van der Waals surface area contributed by atoms with Crippen LogP contribution in [0.3, 0.4) is 0 Å². The van der Waals surface area contributed by atoms with Crippen LogP contribution in [0.2, 0.25) is 0 Å². The third kappa shape index (κ3) is 5.72. The van der Waals surface area contributed by atoms with Crippen LogP contribution >= 0.6 is 12.4 Å². The first-order valence-electron chi connectivity index (χ1n) is 11.1. The van der Waals surface area contributed by atoms with Gasteiger partial charge in [-0.05, 0) is 50.7 Å². The number of phenolic OH excluding ortho intramolecular Hbond substituents is 2. The summed E-state index contributed by atoms with van der Waals surface area (Å²) in [5.74, 6) is -2.67. The number of hydrogen-bond donors (Lipinski definition) is 2. The summed E-state index contributed by atoms with van der Waals surface area (Å²) in [5.41, 5.74) is -0.383. The molecule has 0 heterocycles. The molecule has 3 rings (SSSR count). The number of carbonyl (C=O) groups is 3. The standard InChI is InChI=1S/C25H29NO6.ClH/c1-3-26(4-2)12-7-5-6-8-13-32-25(31)16-14-18-22(20(28)15-16)24(30)21-17(23(18)29)10-9-11-19(21)27;/h9-11,14-15,27-28H,3-8,12-13H2,1-2H3;1H. The van der Waals surface area contributed by atoms with Crippen LogP contribution in [0.15, 0.2) is 30.3 Å². The van der Waals surface area contributed by atoms with Gasteiger partial charge in [0.1, 0.15) is 11.5 Å². The van der Waals surface area contributed by atoms with Gasteiger partial charge in [0.05, 0.1) is 23.3 Å². The highest BCUT2D eigenvalue weighted by Gasteiger charge is 2.35. The number of halogens is 1. The molecule has 0 unspecified atom stereocenters. The molecule has 2 N–H and O–H groups in total. The summed E-state index contributed by atoms with van der Waals surface area (Å²) < 4.78 is 5.30. The van der Waals surface area contributed by atoms with E-state index in [1.54, 1.807) is 0 Å². The zero-order chi connectivity index (χ0) is 23.3. The van der Waals surface area contributed by atoms with Crippen molar-refractivity contribution in [1.29, 1.82) is 0 Å². The summed E-state index contributed by atoms with van der Waals surface area (Å²) in [5, 5.41) is 20.4. The molecule has 0 spiro atoms. The number of benzene rings is 2. The van der Waals surface area contributed by atoms with E-state index in [1.807, 2.05) is 0 Å². The molecule has 0 amide bonds. The Kier molecular flexibility index (Phi) is 9.44. The van der Waals surface area contributed by atoms with Crippen LogP contribution in [0.25, 0.3) is 0 Å². The van der Waals surface area contributed by atoms with Gasteiger partial charge in [0, 0.05) is 11.1 Å². The molecule has 0 saturated carbocycles. The van der Waals surface area contributed by atoms with E-state index in [0.717, 1.165) is 51.4 Å². The number of esters is 1. The molecular weight excluding hydrogens is 446 g/mol. The molecule has 0 aliphatic heterocycles. The Bertz CT molecular complexity index is 1030. The molecular formula is C25H30ClNO6. The molecule has 7 nitrogen and oxygen atoms in total. The first-order chi connectivity index (χ1) is 15.4. The number of ketones is 2. The maximum atomic E-state index is 12.9. The first-order valence-corrected chi connectivity index (χ1v) is 11.1. The lowest BCUT2D eigenvalue weighted by Crippen LogP contribution is -2.23. The second-order valence-corrected chi connectivity index (χ2v) is 7.85. The Labute approximate surface area is 199 Å². The Morgan fingerprint density at radius 3 is 2.24 bits per heavy atom. The van der Waals surface area contributed by atoms with E-state index in [4.69, 9.17) is 4.74 Å². The third-order valence-corrected chi connectivity index (χ3v) is 5.84. The Balaban J connectivity index is 0.00000385. The van der Waals surface area contributed by atoms with Gasteiger partial charge >= 0.3 is 5.97 Å². The lowest BCUT2D eigenvalue weighted by molar-refractivity contribution is 0.0496. The summed E-state index contributed by atoms with van der Waals surface area (Å²) in [7, 11) is 0. The van der Waals surface area contributed by atoms with Crippen molar-refractivity contribution in [3.63, 3.8) is 0 Å². The van der Waals surface area contributed by atoms with E-state index in [2.05, 4.69) is 18.7 Å². The monoisotopic (exact) mass is 475 g/mol. The van der Waals surface area contributed by atoms with Gasteiger partial charge in [-0.15, -0.1) is 12.4 Å². The van der Waals surface area contributed by atoms with Crippen LogP contribution in [0.1, 0.15) is 81.7 Å². The van der Waals surface area contributed by atoms with Gasteiger partial charge < -0.3 is 19.8 Å². The first kappa shape index (κ1) is 26.4. The van der Waals surface area contributed by atoms with Crippen molar-refractivity contribution in [2.75, 3.05) is 26.2 Å². The smallest absolute Gasteiger partial charge is 0.338 e. The van der Waals surface area contributed by atoms with Crippen LogP contribution in [-0.2, 0) is 4.74 Å². The van der Waals surface area contributed by atoms with Gasteiger partial charge in [-0.3, -0.25) is 9.59 Å². The summed E-state index contributed by atoms with van der Waals surface area (Å²) in [4.78, 5) is 40.4. The Morgan fingerprint density at radius 1 is 0.879 bits per heavy atom. The van der Waals surface area contributed by atoms with Crippen LogP contribution in [0.5, 0.6) is 11.5 Å². The lowest BCUT2D eigenvalue weighted by Gasteiger charge is -2.19. The second kappa shape index (κ2) is 11.8. The second-order valence-electron chi connectivity index (χ2n) is 7.85. The zero-order valence-electron chi connectivity index (χ0n) is 18.9. The summed E-state index contributed by atoms with van der Waals surface area (Å²) in [6, 6.07) is 6.60. The van der Waals surface area contributed by atoms with Crippen molar-refractivity contribution in [3.8, 4) is 11.5 Å². The van der Waals surface area contributed by atoms with Crippen molar-refractivity contribution >= 4 is 29.9 Å². The fourth-order valence-corrected chi connectivity index (χ4v) is 3.98. The molecule has 8 heteroatoms. The highest BCUT2D eigenvalue weighted by atomic mass is 35.5. The molecule has 2 aromatic carbocycles. The van der Waals surface area contributed by atoms with E-state index in [9.17, 15) is 24.6 Å². The fourth-order valence-electron chi connectivity index (χ4n) is 3.98. The summed E-state index contributed by atoms with van der Waals surface area (Å²) in [6.07, 6.45) is 3.82. The topological polar surface area (TPSA) is 104 Å². The van der Waals surface area contributed by atoms with Gasteiger partial charge in [0.15, 0.2) is 5.78 Å². The largest absolute Gasteiger partial charge is 0.507 e. The van der Waals surface area contributed by atoms with Crippen molar-refractivity contribution in [3.05, 3.63) is 58.1 Å². The molecule has 1 aliphatic rings. The van der Waals surface area contributed by atoms with Crippen LogP contribution in [-0.4, -0.2) is 58.9 Å². The number of ether oxygens (including phenoxy) is 1. The number of fused-ring (bicyclic) bond motifs is 2. The summed E-state index contributed by atoms with van der Waals surface area (Å²) >= 11 is 0. The molecule has 178 valence electrons. The van der Waals surface area contributed by atoms with Crippen molar-refractivity contribution in [2.45, 2.75) is 39.5 Å². The van der Waals surface area contributed by atoms with E-state index in [1.165, 1.54) is 24.3 Å². The van der Waals surface area contributed by atoms with E-state index < -0.39 is 23.3 Å². The van der Waals surface area contributed by atoms with Crippen LogP contribution < -0.4 is 0 Å². The number of aromatic hydroxyl groups is 2. The van der Waals surface area contributed by atoms with Crippen molar-refractivity contribution < 1.29 is 29.3 Å². The predicted octanol–water partition coefficient (Wildman–Crippen LogP) is 4.35. The SMILES string of the molecule is CCN(CC)CCCCCCOC(=O)c1cc(O)c2c(c1)C(=O)c1cccc(O)c1C2=O.Cl. The molecule has 33 heavy (non-hydrogen) atoms. The maximum absolute atomic E-state index is 12.9. The molecule has 2 aromatic rings. The van der Waals surface area contributed by atoms with Gasteiger partial charge in [-0.1, -0.05) is 38.8 Å². The fraction of sp³-hybridized carbons (Fsp3) is 0.400. The minimum atomic E-state index is -0.659. The lowest BCUT2D eigenvalue weighted by atomic mass is 9.82. The third-order valence-electron chi connectivity index (χ3n) is 5.84. The van der Waals surface area contributed by atoms with E-state index in [0.29, 0.717) is 0 Å². The number of rotatable bonds is 10. The normalized spacial score (nSPS) is 12.2. The minimum absolute atomic E-state index is 0. The van der Waals surface area contributed by atoms with Gasteiger partial charge in [-0.25, -0.2) is 4.79 Å². The average molecular weight is 476 g/mol. The van der Waals surface area contributed by atoms with Crippen LogP contribution in [0.4, 0.5) is 0 Å². The Morgan fingerprint density at radius 2 is 1.55 bits per heavy atom. The molecule has 0 aromatic heterocycles. The number of unbranched alkanes of at least 4 members (excludes halogenated alkanes) is 3. The average Bonchev–Trinajstić information content (AvgIpc) is 2.78. The zero-order valence-corrected chi connectivity index (χ0v) is 19.7. The predicted molar refractivity (Wildman–Crippen MR) is 127 cm³/mol. The molecule has 1 aliphatic carbocycles. The highest BCUT2D eigenvalue weighted by molar-refractivity contribution is 6.30. The minimum Gasteiger partial charge on any atom is -0.507 e. The van der Waals surface area contributed by atoms with Gasteiger partial charge in [0.25, 0.3) is 0 Å². The van der Waals surface area contributed by atoms with Crippen molar-refractivity contribution in [1.82, 2.24) is 4.90 Å². The highest BCUT2D eigenvalue weighted by Crippen LogP contribution is 2.37. The van der Waals surface area contributed by atoms with Crippen molar-refractivity contribution in [2.24, 2.45) is 0 Å². The number of hydrogen-bond acceptors (Lipinski definition) is 7. The van der Waals surface area contributed by atoms with E-state index >= 15 is 0 Å². The quantitative estimate of drug-likeness (QED) is 0.331. The molecule has 0 bridgehead atoms. The van der Waals surface area contributed by atoms with Crippen LogP contribution in [0, 0.1) is 0 Å². The number of nitrogens with zero attached hydrogens (tertiary/aromatic N) is 1. The number of carbonyl (C=O) groups excluding carboxylic acids is 3. The summed E-state index contributed by atoms with van der Waals surface area (Å²) in [6.45, 7) is 7.69. The van der Waals surface area contributed by atoms with Gasteiger partial charge in [0.2, 0.25) is 5.78 Å². The molecule has 0 saturated heterocycles. The molecule has 0 radical (unpaired) electrons.